The number of carbonyl (C=O) groups excluding carboxylic acids is 3. The summed E-state index contributed by atoms with van der Waals surface area (Å²) in [6.45, 7) is 1.79. The summed E-state index contributed by atoms with van der Waals surface area (Å²) in [5.74, 6) is -0.906. The maximum atomic E-state index is 14.0. The maximum absolute atomic E-state index is 14.0. The van der Waals surface area contributed by atoms with Crippen molar-refractivity contribution in [1.29, 1.82) is 0 Å². The fourth-order valence-electron chi connectivity index (χ4n) is 5.09. The fraction of sp³-hybridized carbons (Fsp3) is 0.393. The van der Waals surface area contributed by atoms with Gasteiger partial charge in [-0.2, -0.15) is 0 Å². The number of hydrogen-bond acceptors (Lipinski definition) is 4. The third-order valence-corrected chi connectivity index (χ3v) is 7.07. The third kappa shape index (κ3) is 5.65. The van der Waals surface area contributed by atoms with Crippen molar-refractivity contribution in [3.8, 4) is 0 Å². The highest BCUT2D eigenvalue weighted by Crippen LogP contribution is 2.36. The zero-order valence-corrected chi connectivity index (χ0v) is 20.8. The highest BCUT2D eigenvalue weighted by atomic mass is 19.1. The second kappa shape index (κ2) is 11.0. The minimum absolute atomic E-state index is 0.0779. The molecule has 0 radical (unpaired) electrons. The summed E-state index contributed by atoms with van der Waals surface area (Å²) >= 11 is 0. The maximum Gasteiger partial charge on any atom is 0.325 e. The lowest BCUT2D eigenvalue weighted by molar-refractivity contribution is -0.134. The van der Waals surface area contributed by atoms with Gasteiger partial charge in [0, 0.05) is 38.7 Å². The summed E-state index contributed by atoms with van der Waals surface area (Å²) < 4.78 is 14.0. The van der Waals surface area contributed by atoms with Gasteiger partial charge in [-0.1, -0.05) is 42.5 Å². The zero-order chi connectivity index (χ0) is 25.7. The van der Waals surface area contributed by atoms with Gasteiger partial charge < -0.3 is 15.1 Å². The molecule has 2 fully saturated rings. The van der Waals surface area contributed by atoms with Crippen LogP contribution in [-0.2, 0) is 16.0 Å². The number of rotatable bonds is 8. The molecule has 190 valence electrons. The number of nitrogens with one attached hydrogen (secondary N) is 1. The molecule has 0 saturated carbocycles. The Labute approximate surface area is 211 Å². The van der Waals surface area contributed by atoms with Crippen molar-refractivity contribution in [3.63, 3.8) is 0 Å². The number of halogens is 1. The Morgan fingerprint density at radius 2 is 1.83 bits per heavy atom. The van der Waals surface area contributed by atoms with Crippen LogP contribution in [-0.4, -0.2) is 78.4 Å². The lowest BCUT2D eigenvalue weighted by Crippen LogP contribution is -2.58. The average Bonchev–Trinajstić information content (AvgIpc) is 3.11. The Hall–Kier alpha value is -3.52. The summed E-state index contributed by atoms with van der Waals surface area (Å²) in [7, 11) is 3.77. The van der Waals surface area contributed by atoms with Gasteiger partial charge in [0.05, 0.1) is 0 Å². The first-order valence-electron chi connectivity index (χ1n) is 12.3. The number of likely N-dealkylation sites (tertiary alicyclic amines) is 1. The molecule has 8 heteroatoms. The van der Waals surface area contributed by atoms with Crippen molar-refractivity contribution in [2.45, 2.75) is 24.8 Å². The molecule has 0 bridgehead atoms. The van der Waals surface area contributed by atoms with Gasteiger partial charge in [-0.15, -0.1) is 0 Å². The van der Waals surface area contributed by atoms with Crippen molar-refractivity contribution in [2.75, 3.05) is 40.3 Å². The van der Waals surface area contributed by atoms with Crippen LogP contribution in [0.15, 0.2) is 60.7 Å². The quantitative estimate of drug-likeness (QED) is 0.454. The van der Waals surface area contributed by atoms with Gasteiger partial charge in [-0.25, -0.2) is 9.18 Å². The van der Waals surface area contributed by atoms with Crippen LogP contribution in [0.2, 0.25) is 0 Å². The van der Waals surface area contributed by atoms with Crippen LogP contribution in [0.4, 0.5) is 9.18 Å². The molecular formula is C28H33FN4O3. The Morgan fingerprint density at radius 1 is 1.11 bits per heavy atom. The monoisotopic (exact) mass is 492 g/mol. The summed E-state index contributed by atoms with van der Waals surface area (Å²) in [6, 6.07) is 15.4. The average molecular weight is 493 g/mol. The van der Waals surface area contributed by atoms with Gasteiger partial charge in [-0.3, -0.25) is 14.5 Å². The molecule has 4 rings (SSSR count). The van der Waals surface area contributed by atoms with Crippen LogP contribution in [0.3, 0.4) is 0 Å². The van der Waals surface area contributed by atoms with Crippen LogP contribution >= 0.6 is 0 Å². The lowest BCUT2D eigenvalue weighted by Gasteiger charge is -2.41. The number of amides is 4. The number of urea groups is 1. The molecule has 2 aromatic carbocycles. The van der Waals surface area contributed by atoms with Gasteiger partial charge in [0.2, 0.25) is 5.91 Å². The van der Waals surface area contributed by atoms with E-state index in [1.807, 2.05) is 49.3 Å². The van der Waals surface area contributed by atoms with E-state index in [-0.39, 0.29) is 36.5 Å². The van der Waals surface area contributed by atoms with Gasteiger partial charge in [0.1, 0.15) is 11.4 Å². The van der Waals surface area contributed by atoms with Crippen LogP contribution in [0.5, 0.6) is 0 Å². The van der Waals surface area contributed by atoms with Gasteiger partial charge in [-0.05, 0) is 62.2 Å². The van der Waals surface area contributed by atoms with E-state index in [9.17, 15) is 18.8 Å². The van der Waals surface area contributed by atoms with E-state index < -0.39 is 11.6 Å². The van der Waals surface area contributed by atoms with Crippen molar-refractivity contribution in [1.82, 2.24) is 20.0 Å². The number of hydrogen-bond donors (Lipinski definition) is 1. The number of carbonyl (C=O) groups is 3. The molecule has 2 saturated heterocycles. The third-order valence-electron chi connectivity index (χ3n) is 7.07. The molecule has 0 aromatic heterocycles. The minimum atomic E-state index is -1.16. The lowest BCUT2D eigenvalue weighted by atomic mass is 9.74. The molecule has 1 N–H and O–H groups in total. The molecule has 4 amide bonds. The number of benzene rings is 2. The van der Waals surface area contributed by atoms with Crippen LogP contribution in [0.1, 0.15) is 24.0 Å². The van der Waals surface area contributed by atoms with E-state index in [0.29, 0.717) is 38.0 Å². The molecule has 2 aliphatic heterocycles. The smallest absolute Gasteiger partial charge is 0.325 e. The summed E-state index contributed by atoms with van der Waals surface area (Å²) in [5.41, 5.74) is 0.445. The van der Waals surface area contributed by atoms with E-state index in [2.05, 4.69) is 5.32 Å². The van der Waals surface area contributed by atoms with E-state index in [4.69, 9.17) is 0 Å². The summed E-state index contributed by atoms with van der Waals surface area (Å²) in [5, 5.41) is 3.00. The van der Waals surface area contributed by atoms with Gasteiger partial charge in [0.25, 0.3) is 5.91 Å². The largest absolute Gasteiger partial charge is 0.339 e. The SMILES string of the molecule is CN(C)CCN1C(=O)NC(Cc2cccc(F)c2)(C2CCN(C(=O)C=Cc3ccccc3)CC2)C1=O. The van der Waals surface area contributed by atoms with Gasteiger partial charge in [0.15, 0.2) is 0 Å². The molecule has 0 aliphatic carbocycles. The first-order chi connectivity index (χ1) is 17.3. The van der Waals surface area contributed by atoms with Crippen molar-refractivity contribution in [2.24, 2.45) is 5.92 Å². The molecule has 2 aliphatic rings. The van der Waals surface area contributed by atoms with E-state index in [1.165, 1.54) is 17.0 Å². The second-order valence-electron chi connectivity index (χ2n) is 9.81. The second-order valence-corrected chi connectivity index (χ2v) is 9.81. The molecule has 1 unspecified atom stereocenters. The normalized spacial score (nSPS) is 21.0. The number of imide groups is 1. The number of piperidine rings is 1. The number of nitrogens with zero attached hydrogens (tertiary/aromatic N) is 3. The fourth-order valence-corrected chi connectivity index (χ4v) is 5.09. The predicted octanol–water partition coefficient (Wildman–Crippen LogP) is 3.17. The Morgan fingerprint density at radius 3 is 2.50 bits per heavy atom. The van der Waals surface area contributed by atoms with Crippen molar-refractivity contribution >= 4 is 23.9 Å². The standard InChI is InChI=1S/C28H33FN4O3/c1-31(2)17-18-33-26(35)28(30-27(33)36,20-22-9-6-10-24(29)19-22)23-13-15-32(16-14-23)25(34)12-11-21-7-4-3-5-8-21/h3-12,19,23H,13-18,20H2,1-2H3,(H,30,36). The molecule has 2 aromatic rings. The van der Waals surface area contributed by atoms with Crippen LogP contribution in [0, 0.1) is 11.7 Å². The zero-order valence-electron chi connectivity index (χ0n) is 20.8. The molecular weight excluding hydrogens is 459 g/mol. The molecule has 1 atom stereocenters. The van der Waals surface area contributed by atoms with Gasteiger partial charge >= 0.3 is 6.03 Å². The van der Waals surface area contributed by atoms with E-state index in [1.54, 1.807) is 29.2 Å². The molecule has 36 heavy (non-hydrogen) atoms. The topological polar surface area (TPSA) is 73.0 Å². The van der Waals surface area contributed by atoms with Crippen molar-refractivity contribution in [3.05, 3.63) is 77.6 Å². The first-order valence-corrected chi connectivity index (χ1v) is 12.3. The Kier molecular flexibility index (Phi) is 7.84. The molecule has 0 spiro atoms. The predicted molar refractivity (Wildman–Crippen MR) is 136 cm³/mol. The minimum Gasteiger partial charge on any atom is -0.339 e. The highest BCUT2D eigenvalue weighted by molar-refractivity contribution is 6.07. The van der Waals surface area contributed by atoms with E-state index in [0.717, 1.165) is 5.56 Å². The highest BCUT2D eigenvalue weighted by Gasteiger charge is 2.55. The Balaban J connectivity index is 1.51. The molecule has 2 heterocycles. The van der Waals surface area contributed by atoms with Crippen LogP contribution < -0.4 is 5.32 Å². The summed E-state index contributed by atoms with van der Waals surface area (Å²) in [6.07, 6.45) is 4.70. The Bertz CT molecular complexity index is 1130. The van der Waals surface area contributed by atoms with E-state index >= 15 is 0 Å². The van der Waals surface area contributed by atoms with Crippen molar-refractivity contribution < 1.29 is 18.8 Å². The van der Waals surface area contributed by atoms with Crippen LogP contribution in [0.25, 0.3) is 6.08 Å². The molecule has 7 nitrogen and oxygen atoms in total. The number of likely N-dealkylation sites (N-methyl/N-ethyl adjacent to an activating group) is 1. The first kappa shape index (κ1) is 25.6. The summed E-state index contributed by atoms with van der Waals surface area (Å²) in [4.78, 5) is 44.4.